The van der Waals surface area contributed by atoms with E-state index < -0.39 is 14.8 Å². The summed E-state index contributed by atoms with van der Waals surface area (Å²) < 4.78 is 22.4. The van der Waals surface area contributed by atoms with Crippen molar-refractivity contribution in [1.82, 2.24) is 0 Å². The van der Waals surface area contributed by atoms with Crippen molar-refractivity contribution in [3.8, 4) is 11.1 Å². The Kier molecular flexibility index (Phi) is 4.07. The lowest BCUT2D eigenvalue weighted by molar-refractivity contribution is 0.545. The van der Waals surface area contributed by atoms with Gasteiger partial charge in [-0.05, 0) is 49.1 Å². The number of nitrogen functional groups attached to an aromatic ring is 1. The molecule has 0 bridgehead atoms. The van der Waals surface area contributed by atoms with Crippen LogP contribution in [-0.2, 0) is 16.4 Å². The first-order valence-corrected chi connectivity index (χ1v) is 8.21. The first-order chi connectivity index (χ1) is 9.71. The third-order valence-corrected chi connectivity index (χ3v) is 5.31. The van der Waals surface area contributed by atoms with Crippen molar-refractivity contribution in [1.29, 1.82) is 0 Å². The summed E-state index contributed by atoms with van der Waals surface area (Å²) in [7, 11) is -3.63. The molecule has 0 aliphatic rings. The van der Waals surface area contributed by atoms with Gasteiger partial charge in [0.1, 0.15) is 0 Å². The Morgan fingerprint density at radius 1 is 1.00 bits per heavy atom. The average Bonchev–Trinajstić information content (AvgIpc) is 2.39. The Morgan fingerprint density at radius 2 is 1.57 bits per heavy atom. The Balaban J connectivity index is 2.45. The second kappa shape index (κ2) is 5.50. The maximum absolute atomic E-state index is 11.7. The third-order valence-electron chi connectivity index (χ3n) is 3.63. The molecule has 0 fully saturated rings. The van der Waals surface area contributed by atoms with E-state index in [0.29, 0.717) is 12.1 Å². The van der Waals surface area contributed by atoms with E-state index >= 15 is 0 Å². The number of hydrogen-bond acceptors (Lipinski definition) is 3. The zero-order chi connectivity index (χ0) is 15.7. The van der Waals surface area contributed by atoms with Gasteiger partial charge in [0.05, 0.1) is 4.75 Å². The first kappa shape index (κ1) is 15.5. The van der Waals surface area contributed by atoms with Gasteiger partial charge in [-0.1, -0.05) is 36.4 Å². The van der Waals surface area contributed by atoms with Gasteiger partial charge in [-0.15, -0.1) is 0 Å². The number of rotatable bonds is 4. The van der Waals surface area contributed by atoms with Gasteiger partial charge in [0.25, 0.3) is 0 Å². The van der Waals surface area contributed by atoms with E-state index in [1.807, 2.05) is 48.5 Å². The standard InChI is InChI=1S/C16H20N2O2S/c1-16(2,21(18,19)20)11-13-5-3-4-6-15(13)12-7-9-14(17)10-8-12/h3-10H,11,17H2,1-2H3,(H2,18,19,20). The summed E-state index contributed by atoms with van der Waals surface area (Å²) in [6.07, 6.45) is 0.354. The smallest absolute Gasteiger partial charge is 0.214 e. The molecule has 0 aromatic heterocycles. The molecular weight excluding hydrogens is 284 g/mol. The normalized spacial score (nSPS) is 12.3. The number of nitrogens with two attached hydrogens (primary N) is 2. The fourth-order valence-electron chi connectivity index (χ4n) is 2.18. The zero-order valence-corrected chi connectivity index (χ0v) is 13.0. The molecule has 4 nitrogen and oxygen atoms in total. The van der Waals surface area contributed by atoms with Crippen LogP contribution in [0.3, 0.4) is 0 Å². The number of benzene rings is 2. The predicted molar refractivity (Wildman–Crippen MR) is 87.2 cm³/mol. The summed E-state index contributed by atoms with van der Waals surface area (Å²) in [6, 6.07) is 15.2. The lowest BCUT2D eigenvalue weighted by Crippen LogP contribution is -2.39. The van der Waals surface area contributed by atoms with Crippen molar-refractivity contribution in [2.75, 3.05) is 5.73 Å². The molecule has 2 rings (SSSR count). The van der Waals surface area contributed by atoms with Gasteiger partial charge < -0.3 is 5.73 Å². The molecule has 2 aromatic carbocycles. The van der Waals surface area contributed by atoms with E-state index in [2.05, 4.69) is 0 Å². The van der Waals surface area contributed by atoms with Crippen LogP contribution in [-0.4, -0.2) is 13.2 Å². The first-order valence-electron chi connectivity index (χ1n) is 6.67. The fraction of sp³-hybridized carbons (Fsp3) is 0.250. The average molecular weight is 304 g/mol. The van der Waals surface area contributed by atoms with E-state index in [0.717, 1.165) is 16.7 Å². The van der Waals surface area contributed by atoms with Crippen LogP contribution in [0, 0.1) is 0 Å². The van der Waals surface area contributed by atoms with E-state index in [9.17, 15) is 8.42 Å². The summed E-state index contributed by atoms with van der Waals surface area (Å²) in [5, 5.41) is 5.33. The minimum absolute atomic E-state index is 0.354. The summed E-state index contributed by atoms with van der Waals surface area (Å²) in [4.78, 5) is 0. The van der Waals surface area contributed by atoms with E-state index in [1.165, 1.54) is 0 Å². The van der Waals surface area contributed by atoms with Gasteiger partial charge in [0.15, 0.2) is 0 Å². The van der Waals surface area contributed by atoms with Gasteiger partial charge in [0, 0.05) is 5.69 Å². The van der Waals surface area contributed by atoms with E-state index in [1.54, 1.807) is 13.8 Å². The molecule has 0 amide bonds. The Morgan fingerprint density at radius 3 is 2.14 bits per heavy atom. The maximum Gasteiger partial charge on any atom is 0.214 e. The van der Waals surface area contributed by atoms with E-state index in [-0.39, 0.29) is 0 Å². The Bertz CT molecular complexity index is 735. The van der Waals surface area contributed by atoms with Gasteiger partial charge in [-0.3, -0.25) is 0 Å². The van der Waals surface area contributed by atoms with Crippen LogP contribution in [0.4, 0.5) is 5.69 Å². The van der Waals surface area contributed by atoms with Crippen LogP contribution in [0.2, 0.25) is 0 Å². The van der Waals surface area contributed by atoms with Crippen molar-refractivity contribution in [2.45, 2.75) is 25.0 Å². The van der Waals surface area contributed by atoms with E-state index in [4.69, 9.17) is 10.9 Å². The minimum Gasteiger partial charge on any atom is -0.399 e. The van der Waals surface area contributed by atoms with Crippen molar-refractivity contribution in [3.05, 3.63) is 54.1 Å². The molecule has 0 aliphatic carbocycles. The second-order valence-corrected chi connectivity index (χ2v) is 7.96. The molecule has 0 saturated heterocycles. The number of primary sulfonamides is 1. The quantitative estimate of drug-likeness (QED) is 0.851. The van der Waals surface area contributed by atoms with Gasteiger partial charge in [-0.25, -0.2) is 13.6 Å². The lowest BCUT2D eigenvalue weighted by atomic mass is 9.93. The van der Waals surface area contributed by atoms with Crippen LogP contribution in [0.25, 0.3) is 11.1 Å². The molecule has 0 radical (unpaired) electrons. The Labute approximate surface area is 125 Å². The highest BCUT2D eigenvalue weighted by Gasteiger charge is 2.31. The lowest BCUT2D eigenvalue weighted by Gasteiger charge is -2.23. The predicted octanol–water partition coefficient (Wildman–Crippen LogP) is 2.55. The van der Waals surface area contributed by atoms with Crippen LogP contribution in [0.15, 0.2) is 48.5 Å². The summed E-state index contributed by atoms with van der Waals surface area (Å²) >= 11 is 0. The van der Waals surface area contributed by atoms with Crippen molar-refractivity contribution < 1.29 is 8.42 Å². The number of sulfonamides is 1. The maximum atomic E-state index is 11.7. The van der Waals surface area contributed by atoms with Crippen molar-refractivity contribution >= 4 is 15.7 Å². The minimum atomic E-state index is -3.63. The van der Waals surface area contributed by atoms with Gasteiger partial charge >= 0.3 is 0 Å². The molecule has 0 unspecified atom stereocenters. The zero-order valence-electron chi connectivity index (χ0n) is 12.2. The molecule has 2 aromatic rings. The SMILES string of the molecule is CC(C)(Cc1ccccc1-c1ccc(N)cc1)S(N)(=O)=O. The molecule has 21 heavy (non-hydrogen) atoms. The topological polar surface area (TPSA) is 86.2 Å². The summed E-state index contributed by atoms with van der Waals surface area (Å²) in [6.45, 7) is 3.28. The van der Waals surface area contributed by atoms with Crippen LogP contribution >= 0.6 is 0 Å². The summed E-state index contributed by atoms with van der Waals surface area (Å²) in [5.41, 5.74) is 9.35. The molecule has 0 heterocycles. The second-order valence-electron chi connectivity index (χ2n) is 5.76. The van der Waals surface area contributed by atoms with Crippen LogP contribution in [0.1, 0.15) is 19.4 Å². The number of hydrogen-bond donors (Lipinski definition) is 2. The van der Waals surface area contributed by atoms with Gasteiger partial charge in [-0.2, -0.15) is 0 Å². The van der Waals surface area contributed by atoms with Crippen molar-refractivity contribution in [3.63, 3.8) is 0 Å². The van der Waals surface area contributed by atoms with Crippen LogP contribution in [0.5, 0.6) is 0 Å². The molecule has 0 saturated carbocycles. The molecule has 0 atom stereocenters. The highest BCUT2D eigenvalue weighted by atomic mass is 32.2. The van der Waals surface area contributed by atoms with Crippen LogP contribution < -0.4 is 10.9 Å². The largest absolute Gasteiger partial charge is 0.399 e. The fourth-order valence-corrected chi connectivity index (χ4v) is 2.53. The molecule has 0 aliphatic heterocycles. The molecule has 112 valence electrons. The Hall–Kier alpha value is -1.85. The summed E-state index contributed by atoms with van der Waals surface area (Å²) in [5.74, 6) is 0. The van der Waals surface area contributed by atoms with Crippen molar-refractivity contribution in [2.24, 2.45) is 5.14 Å². The molecule has 0 spiro atoms. The molecule has 5 heteroatoms. The molecular formula is C16H20N2O2S. The number of anilines is 1. The molecule has 4 N–H and O–H groups in total. The highest BCUT2D eigenvalue weighted by Crippen LogP contribution is 2.29. The van der Waals surface area contributed by atoms with Gasteiger partial charge in [0.2, 0.25) is 10.0 Å². The highest BCUT2D eigenvalue weighted by molar-refractivity contribution is 7.90. The monoisotopic (exact) mass is 304 g/mol. The third kappa shape index (κ3) is 3.43.